The van der Waals surface area contributed by atoms with Gasteiger partial charge in [0.05, 0.1) is 40.4 Å². The quantitative estimate of drug-likeness (QED) is 0.292. The number of benzene rings is 2. The number of phenols is 1. The van der Waals surface area contributed by atoms with Gasteiger partial charge < -0.3 is 19.8 Å². The molecule has 0 spiro atoms. The van der Waals surface area contributed by atoms with Gasteiger partial charge in [-0.2, -0.15) is 0 Å². The summed E-state index contributed by atoms with van der Waals surface area (Å²) in [5.74, 6) is -1.24. The number of amides is 2. The second kappa shape index (κ2) is 10.6. The van der Waals surface area contributed by atoms with Crippen LogP contribution in [0.4, 0.5) is 15.8 Å². The van der Waals surface area contributed by atoms with E-state index in [0.29, 0.717) is 22.3 Å². The minimum Gasteiger partial charge on any atom is -0.507 e. The number of rotatable bonds is 5. The molecule has 0 unspecified atom stereocenters. The standard InChI is InChI=1S/C35H32ClFN6O4/c1-4-27(45)41-15-25-34(46)40(3)33-31(42(25)14-17(41)2)21-12-22(36)20(28-23(37)6-5-7-26(28)44)13-24(21)43(35(33)47)32-29(18-8-9-18)38-16-39-30(32)19-10-11-19/h4-7,12-13,16-19,25,44H,1,8-11,14-15H2,2-3H3/t17-,25-/m1/s1. The van der Waals surface area contributed by atoms with Crippen molar-refractivity contribution < 1.29 is 19.1 Å². The maximum atomic E-state index is 15.3. The Kier molecular flexibility index (Phi) is 6.70. The molecule has 2 aliphatic carbocycles. The van der Waals surface area contributed by atoms with Gasteiger partial charge in [0.25, 0.3) is 11.5 Å². The van der Waals surface area contributed by atoms with Crippen LogP contribution in [0.2, 0.25) is 5.02 Å². The van der Waals surface area contributed by atoms with E-state index in [9.17, 15) is 14.7 Å². The number of carbonyl (C=O) groups is 2. The minimum atomic E-state index is -0.760. The second-order valence-corrected chi connectivity index (χ2v) is 13.4. The first-order chi connectivity index (χ1) is 22.6. The molecule has 10 nitrogen and oxygen atoms in total. The number of halogens is 2. The molecular formula is C35H32ClFN6O4. The lowest BCUT2D eigenvalue weighted by Crippen LogP contribution is -2.66. The van der Waals surface area contributed by atoms with Gasteiger partial charge in [-0.05, 0) is 62.9 Å². The molecule has 1 N–H and O–H groups in total. The van der Waals surface area contributed by atoms with Crippen LogP contribution >= 0.6 is 11.6 Å². The first-order valence-electron chi connectivity index (χ1n) is 15.8. The summed E-state index contributed by atoms with van der Waals surface area (Å²) in [6.07, 6.45) is 6.51. The first kappa shape index (κ1) is 29.6. The molecule has 1 saturated heterocycles. The highest BCUT2D eigenvalue weighted by Gasteiger charge is 2.46. The molecule has 12 heteroatoms. The van der Waals surface area contributed by atoms with Crippen molar-refractivity contribution in [3.63, 3.8) is 0 Å². The predicted molar refractivity (Wildman–Crippen MR) is 177 cm³/mol. The van der Waals surface area contributed by atoms with Crippen LogP contribution in [0.25, 0.3) is 27.7 Å². The van der Waals surface area contributed by atoms with Crippen molar-refractivity contribution in [1.29, 1.82) is 0 Å². The van der Waals surface area contributed by atoms with E-state index in [-0.39, 0.29) is 70.4 Å². The number of fused-ring (bicyclic) bond motifs is 5. The van der Waals surface area contributed by atoms with E-state index in [1.165, 1.54) is 29.2 Å². The molecule has 47 heavy (non-hydrogen) atoms. The minimum absolute atomic E-state index is 0.0828. The molecule has 8 rings (SSSR count). The number of aromatic nitrogens is 3. The van der Waals surface area contributed by atoms with Gasteiger partial charge in [-0.25, -0.2) is 14.4 Å². The van der Waals surface area contributed by atoms with E-state index >= 15 is 9.18 Å². The molecule has 2 saturated carbocycles. The summed E-state index contributed by atoms with van der Waals surface area (Å²) in [4.78, 5) is 56.1. The average molecular weight is 655 g/mol. The van der Waals surface area contributed by atoms with Crippen molar-refractivity contribution in [2.75, 3.05) is 29.9 Å². The monoisotopic (exact) mass is 654 g/mol. The smallest absolute Gasteiger partial charge is 0.281 e. The third-order valence-electron chi connectivity index (χ3n) is 9.94. The molecule has 2 aromatic heterocycles. The Bertz CT molecular complexity index is 2060. The molecule has 3 fully saturated rings. The second-order valence-electron chi connectivity index (χ2n) is 13.0. The highest BCUT2D eigenvalue weighted by atomic mass is 35.5. The Morgan fingerprint density at radius 2 is 1.72 bits per heavy atom. The van der Waals surface area contributed by atoms with Gasteiger partial charge >= 0.3 is 0 Å². The summed E-state index contributed by atoms with van der Waals surface area (Å²) in [5, 5.41) is 11.5. The Morgan fingerprint density at radius 1 is 1.04 bits per heavy atom. The number of likely N-dealkylation sites (N-methyl/N-ethyl adjacent to an activating group) is 1. The van der Waals surface area contributed by atoms with Gasteiger partial charge in [-0.1, -0.05) is 24.2 Å². The van der Waals surface area contributed by atoms with E-state index in [4.69, 9.17) is 11.6 Å². The van der Waals surface area contributed by atoms with Crippen molar-refractivity contribution in [1.82, 2.24) is 19.4 Å². The lowest BCUT2D eigenvalue weighted by Gasteiger charge is -2.50. The van der Waals surface area contributed by atoms with Crippen molar-refractivity contribution in [3.8, 4) is 22.6 Å². The van der Waals surface area contributed by atoms with Crippen LogP contribution in [0, 0.1) is 5.82 Å². The highest BCUT2D eigenvalue weighted by molar-refractivity contribution is 6.34. The van der Waals surface area contributed by atoms with Gasteiger partial charge in [0.2, 0.25) is 5.91 Å². The number of piperazine rings is 1. The normalized spacial score (nSPS) is 20.8. The van der Waals surface area contributed by atoms with Crippen LogP contribution in [-0.4, -0.2) is 68.6 Å². The predicted octanol–water partition coefficient (Wildman–Crippen LogP) is 5.27. The van der Waals surface area contributed by atoms with E-state index in [0.717, 1.165) is 37.1 Å². The lowest BCUT2D eigenvalue weighted by molar-refractivity contribution is -0.130. The van der Waals surface area contributed by atoms with Gasteiger partial charge in [0.1, 0.15) is 29.6 Å². The zero-order valence-corrected chi connectivity index (χ0v) is 26.7. The van der Waals surface area contributed by atoms with E-state index in [1.807, 2.05) is 11.8 Å². The SMILES string of the molecule is C=CC(=O)N1C[C@@H]2C(=O)N(C)c3c(c4cc(Cl)c(-c5c(O)cccc5F)cc4n(-c4c(C5CC5)ncnc4C4CC4)c3=O)N2C[C@H]1C. The zero-order valence-electron chi connectivity index (χ0n) is 25.9. The molecule has 2 aromatic carbocycles. The Morgan fingerprint density at radius 3 is 2.34 bits per heavy atom. The average Bonchev–Trinajstić information content (AvgIpc) is 3.97. The fourth-order valence-corrected chi connectivity index (χ4v) is 7.56. The number of phenolic OH excluding ortho intramolecular Hbond substituents is 1. The number of hydrogen-bond acceptors (Lipinski definition) is 7. The van der Waals surface area contributed by atoms with E-state index < -0.39 is 17.4 Å². The summed E-state index contributed by atoms with van der Waals surface area (Å²) in [7, 11) is 1.58. The van der Waals surface area contributed by atoms with Crippen molar-refractivity contribution in [2.45, 2.75) is 56.5 Å². The van der Waals surface area contributed by atoms with Gasteiger partial charge in [0.15, 0.2) is 0 Å². The number of hydrogen-bond donors (Lipinski definition) is 1. The largest absolute Gasteiger partial charge is 0.507 e. The summed E-state index contributed by atoms with van der Waals surface area (Å²) >= 11 is 6.95. The molecule has 2 aliphatic heterocycles. The summed E-state index contributed by atoms with van der Waals surface area (Å²) in [5.41, 5.74) is 2.93. The Labute approximate surface area is 274 Å². The number of carbonyl (C=O) groups excluding carboxylic acids is 2. The van der Waals surface area contributed by atoms with Crippen LogP contribution in [0.3, 0.4) is 0 Å². The summed E-state index contributed by atoms with van der Waals surface area (Å²) in [6.45, 7) is 5.90. The first-order valence-corrected chi connectivity index (χ1v) is 16.2. The van der Waals surface area contributed by atoms with Crippen LogP contribution in [0.5, 0.6) is 5.75 Å². The fourth-order valence-electron chi connectivity index (χ4n) is 7.31. The number of pyridine rings is 1. The fraction of sp³-hybridized carbons (Fsp3) is 0.343. The van der Waals surface area contributed by atoms with Crippen LogP contribution in [-0.2, 0) is 9.59 Å². The molecule has 240 valence electrons. The van der Waals surface area contributed by atoms with Crippen LogP contribution < -0.4 is 15.4 Å². The van der Waals surface area contributed by atoms with Crippen LogP contribution in [0.15, 0.2) is 54.1 Å². The molecule has 0 bridgehead atoms. The lowest BCUT2D eigenvalue weighted by atomic mass is 9.95. The molecule has 4 heterocycles. The third-order valence-corrected chi connectivity index (χ3v) is 10.3. The molecular weight excluding hydrogens is 623 g/mol. The number of aromatic hydroxyl groups is 1. The zero-order chi connectivity index (χ0) is 32.9. The summed E-state index contributed by atoms with van der Waals surface area (Å²) < 4.78 is 16.9. The van der Waals surface area contributed by atoms with Crippen molar-refractivity contribution in [2.24, 2.45) is 0 Å². The highest BCUT2D eigenvalue weighted by Crippen LogP contribution is 2.50. The topological polar surface area (TPSA) is 112 Å². The van der Waals surface area contributed by atoms with Crippen LogP contribution in [0.1, 0.15) is 55.8 Å². The number of nitrogens with zero attached hydrogens (tertiary/aromatic N) is 6. The summed E-state index contributed by atoms with van der Waals surface area (Å²) in [6, 6.07) is 6.30. The Balaban J connectivity index is 1.48. The van der Waals surface area contributed by atoms with E-state index in [1.54, 1.807) is 35.0 Å². The van der Waals surface area contributed by atoms with Crippen molar-refractivity contribution >= 4 is 45.7 Å². The van der Waals surface area contributed by atoms with Gasteiger partial charge in [-0.3, -0.25) is 19.0 Å². The third kappa shape index (κ3) is 4.46. The van der Waals surface area contributed by atoms with Gasteiger partial charge in [0, 0.05) is 47.4 Å². The molecule has 4 aliphatic rings. The van der Waals surface area contributed by atoms with Crippen molar-refractivity contribution in [3.05, 3.63) is 81.9 Å². The molecule has 2 atom stereocenters. The number of anilines is 2. The molecule has 4 aromatic rings. The molecule has 2 amide bonds. The maximum Gasteiger partial charge on any atom is 0.281 e. The Hall–Kier alpha value is -4.77. The van der Waals surface area contributed by atoms with E-state index in [2.05, 4.69) is 16.5 Å². The van der Waals surface area contributed by atoms with Gasteiger partial charge in [-0.15, -0.1) is 0 Å². The molecule has 0 radical (unpaired) electrons. The maximum absolute atomic E-state index is 15.3.